The van der Waals surface area contributed by atoms with Gasteiger partial charge in [-0.15, -0.1) is 0 Å². The minimum atomic E-state index is -0.298. The van der Waals surface area contributed by atoms with Crippen molar-refractivity contribution in [3.05, 3.63) is 23.8 Å². The summed E-state index contributed by atoms with van der Waals surface area (Å²) in [6.07, 6.45) is 7.49. The number of unbranched alkanes of at least 4 members (excludes halogenated alkanes) is 3. The zero-order valence-corrected chi connectivity index (χ0v) is 15.2. The molecule has 0 fully saturated rings. The van der Waals surface area contributed by atoms with E-state index < -0.39 is 0 Å². The molecule has 4 nitrogen and oxygen atoms in total. The van der Waals surface area contributed by atoms with Crippen molar-refractivity contribution in [2.45, 2.75) is 78.6 Å². The van der Waals surface area contributed by atoms with E-state index >= 15 is 0 Å². The third-order valence-corrected chi connectivity index (χ3v) is 3.71. The molecule has 0 aliphatic heterocycles. The number of ether oxygens (including phenoxy) is 2. The van der Waals surface area contributed by atoms with E-state index in [4.69, 9.17) is 9.47 Å². The van der Waals surface area contributed by atoms with Crippen molar-refractivity contribution in [2.24, 2.45) is 0 Å². The summed E-state index contributed by atoms with van der Waals surface area (Å²) in [5.41, 5.74) is 0.928. The van der Waals surface area contributed by atoms with Crippen LogP contribution in [0, 0.1) is 0 Å². The van der Waals surface area contributed by atoms with Crippen LogP contribution in [0.1, 0.15) is 77.7 Å². The highest BCUT2D eigenvalue weighted by Crippen LogP contribution is 2.33. The van der Waals surface area contributed by atoms with Gasteiger partial charge in [0.05, 0.1) is 0 Å². The van der Waals surface area contributed by atoms with Gasteiger partial charge in [0.1, 0.15) is 0 Å². The largest absolute Gasteiger partial charge is 0.423 e. The number of carbonyl (C=O) groups is 2. The van der Waals surface area contributed by atoms with Gasteiger partial charge in [0.15, 0.2) is 11.5 Å². The number of para-hydroxylation sites is 1. The lowest BCUT2D eigenvalue weighted by Crippen LogP contribution is -2.13. The maximum absolute atomic E-state index is 11.9. The third-order valence-electron chi connectivity index (χ3n) is 3.71. The van der Waals surface area contributed by atoms with E-state index in [1.165, 1.54) is 12.8 Å². The van der Waals surface area contributed by atoms with Crippen LogP contribution in [0.25, 0.3) is 0 Å². The molecule has 24 heavy (non-hydrogen) atoms. The fourth-order valence-electron chi connectivity index (χ4n) is 2.44. The van der Waals surface area contributed by atoms with Gasteiger partial charge in [-0.3, -0.25) is 9.59 Å². The second kappa shape index (κ2) is 11.7. The zero-order valence-electron chi connectivity index (χ0n) is 15.2. The molecule has 0 saturated heterocycles. The Kier molecular flexibility index (Phi) is 9.81. The van der Waals surface area contributed by atoms with Gasteiger partial charge in [-0.25, -0.2) is 0 Å². The van der Waals surface area contributed by atoms with Crippen LogP contribution in [-0.2, 0) is 16.0 Å². The highest BCUT2D eigenvalue weighted by atomic mass is 16.6. The fourth-order valence-corrected chi connectivity index (χ4v) is 2.44. The molecule has 0 atom stereocenters. The van der Waals surface area contributed by atoms with Crippen molar-refractivity contribution in [1.29, 1.82) is 0 Å². The molecule has 1 aromatic rings. The molecule has 0 amide bonds. The Labute approximate surface area is 145 Å². The van der Waals surface area contributed by atoms with Gasteiger partial charge in [-0.1, -0.05) is 52.2 Å². The lowest BCUT2D eigenvalue weighted by atomic mass is 10.0. The van der Waals surface area contributed by atoms with Crippen LogP contribution in [0.2, 0.25) is 0 Å². The molecule has 0 aliphatic rings. The molecule has 0 saturated carbocycles. The molecule has 0 aromatic heterocycles. The Morgan fingerprint density at radius 1 is 0.833 bits per heavy atom. The first-order valence-corrected chi connectivity index (χ1v) is 9.15. The molecule has 0 bridgehead atoms. The monoisotopic (exact) mass is 334 g/mol. The average Bonchev–Trinajstić information content (AvgIpc) is 2.54. The van der Waals surface area contributed by atoms with Crippen molar-refractivity contribution in [3.63, 3.8) is 0 Å². The van der Waals surface area contributed by atoms with Gasteiger partial charge in [0.25, 0.3) is 0 Å². The van der Waals surface area contributed by atoms with Crippen LogP contribution in [0.4, 0.5) is 0 Å². The summed E-state index contributed by atoms with van der Waals surface area (Å²) in [6, 6.07) is 5.48. The van der Waals surface area contributed by atoms with E-state index in [0.717, 1.165) is 37.7 Å². The van der Waals surface area contributed by atoms with Crippen molar-refractivity contribution >= 4 is 11.9 Å². The first-order valence-electron chi connectivity index (χ1n) is 9.15. The van der Waals surface area contributed by atoms with E-state index in [-0.39, 0.29) is 11.9 Å². The van der Waals surface area contributed by atoms with Crippen LogP contribution in [0.5, 0.6) is 11.5 Å². The van der Waals surface area contributed by atoms with E-state index in [0.29, 0.717) is 24.3 Å². The zero-order chi connectivity index (χ0) is 17.8. The minimum Gasteiger partial charge on any atom is -0.423 e. The second-order valence-corrected chi connectivity index (χ2v) is 6.00. The smallest absolute Gasteiger partial charge is 0.311 e. The number of aryl methyl sites for hydroxylation is 1. The van der Waals surface area contributed by atoms with Gasteiger partial charge in [-0.2, -0.15) is 0 Å². The summed E-state index contributed by atoms with van der Waals surface area (Å²) >= 11 is 0. The van der Waals surface area contributed by atoms with Gasteiger partial charge in [-0.05, 0) is 37.3 Å². The van der Waals surface area contributed by atoms with Crippen molar-refractivity contribution < 1.29 is 19.1 Å². The number of rotatable bonds is 11. The van der Waals surface area contributed by atoms with E-state index in [1.807, 2.05) is 26.0 Å². The number of hydrogen-bond donors (Lipinski definition) is 0. The molecule has 0 aliphatic carbocycles. The fraction of sp³-hybridized carbons (Fsp3) is 0.600. The maximum atomic E-state index is 11.9. The summed E-state index contributed by atoms with van der Waals surface area (Å²) in [5.74, 6) is 0.183. The topological polar surface area (TPSA) is 52.6 Å². The second-order valence-electron chi connectivity index (χ2n) is 6.00. The molecule has 0 heterocycles. The average molecular weight is 334 g/mol. The van der Waals surface area contributed by atoms with Crippen LogP contribution in [0.3, 0.4) is 0 Å². The van der Waals surface area contributed by atoms with Crippen molar-refractivity contribution in [1.82, 2.24) is 0 Å². The van der Waals surface area contributed by atoms with Crippen LogP contribution >= 0.6 is 0 Å². The lowest BCUT2D eigenvalue weighted by molar-refractivity contribution is -0.137. The Morgan fingerprint density at radius 3 is 2.12 bits per heavy atom. The number of benzene rings is 1. The summed E-state index contributed by atoms with van der Waals surface area (Å²) in [5, 5.41) is 0. The van der Waals surface area contributed by atoms with Crippen LogP contribution < -0.4 is 9.47 Å². The Balaban J connectivity index is 2.94. The number of esters is 2. The summed E-state index contributed by atoms with van der Waals surface area (Å²) in [4.78, 5) is 23.8. The number of hydrogen-bond acceptors (Lipinski definition) is 4. The molecule has 0 spiro atoms. The van der Waals surface area contributed by atoms with Gasteiger partial charge in [0, 0.05) is 12.8 Å². The summed E-state index contributed by atoms with van der Waals surface area (Å²) in [6.45, 7) is 6.03. The Hall–Kier alpha value is -1.84. The molecule has 1 aromatic carbocycles. The SMILES string of the molecule is CCCCCCc1cccc(OC(=O)CCC)c1OC(=O)CCC. The van der Waals surface area contributed by atoms with Crippen LogP contribution in [-0.4, -0.2) is 11.9 Å². The van der Waals surface area contributed by atoms with E-state index in [2.05, 4.69) is 6.92 Å². The molecule has 1 rings (SSSR count). The molecular formula is C20H30O4. The molecule has 4 heteroatoms. The van der Waals surface area contributed by atoms with Gasteiger partial charge in [0.2, 0.25) is 0 Å². The highest BCUT2D eigenvalue weighted by molar-refractivity contribution is 5.76. The predicted molar refractivity (Wildman–Crippen MR) is 95.4 cm³/mol. The number of carbonyl (C=O) groups excluding carboxylic acids is 2. The Morgan fingerprint density at radius 2 is 1.50 bits per heavy atom. The quantitative estimate of drug-likeness (QED) is 0.316. The van der Waals surface area contributed by atoms with Crippen LogP contribution in [0.15, 0.2) is 18.2 Å². The van der Waals surface area contributed by atoms with Crippen molar-refractivity contribution in [2.75, 3.05) is 0 Å². The first-order chi connectivity index (χ1) is 11.6. The molecular weight excluding hydrogens is 304 g/mol. The molecule has 134 valence electrons. The standard InChI is InChI=1S/C20H30O4/c1-4-7-8-9-13-16-14-10-15-17(23-18(21)11-5-2)20(16)24-19(22)12-6-3/h10,14-15H,4-9,11-13H2,1-3H3. The maximum Gasteiger partial charge on any atom is 0.311 e. The minimum absolute atomic E-state index is 0.286. The van der Waals surface area contributed by atoms with Crippen molar-refractivity contribution in [3.8, 4) is 11.5 Å². The van der Waals surface area contributed by atoms with E-state index in [9.17, 15) is 9.59 Å². The van der Waals surface area contributed by atoms with E-state index in [1.54, 1.807) is 6.07 Å². The lowest BCUT2D eigenvalue weighted by Gasteiger charge is -2.14. The van der Waals surface area contributed by atoms with Gasteiger partial charge >= 0.3 is 11.9 Å². The predicted octanol–water partition coefficient (Wildman–Crippen LogP) is 5.22. The summed E-state index contributed by atoms with van der Waals surface area (Å²) in [7, 11) is 0. The van der Waals surface area contributed by atoms with Gasteiger partial charge < -0.3 is 9.47 Å². The molecule has 0 unspecified atom stereocenters. The first kappa shape index (κ1) is 20.2. The Bertz CT molecular complexity index is 522. The summed E-state index contributed by atoms with van der Waals surface area (Å²) < 4.78 is 11.0. The normalized spacial score (nSPS) is 10.5. The third kappa shape index (κ3) is 7.16. The molecule has 0 radical (unpaired) electrons. The molecule has 0 N–H and O–H groups in total. The highest BCUT2D eigenvalue weighted by Gasteiger charge is 2.17.